The third-order valence-electron chi connectivity index (χ3n) is 2.93. The number of hydrogen-bond donors (Lipinski definition) is 1. The molecule has 0 aliphatic carbocycles. The molecule has 0 aliphatic rings. The number of hydrogen-bond acceptors (Lipinski definition) is 2. The average Bonchev–Trinajstić information content (AvgIpc) is 2.81. The molecule has 0 fully saturated rings. The molecule has 1 N–H and O–H groups in total. The Morgan fingerprint density at radius 1 is 1.32 bits per heavy atom. The van der Waals surface area contributed by atoms with E-state index < -0.39 is 0 Å². The molecule has 1 unspecified atom stereocenters. The molecule has 1 aromatic carbocycles. The lowest BCUT2D eigenvalue weighted by molar-refractivity contribution is 0.470. The van der Waals surface area contributed by atoms with E-state index in [9.17, 15) is 4.39 Å². The van der Waals surface area contributed by atoms with E-state index in [1.807, 2.05) is 18.2 Å². The number of furan rings is 1. The molecule has 19 heavy (non-hydrogen) atoms. The fourth-order valence-corrected chi connectivity index (χ4v) is 2.26. The fraction of sp³-hybridized carbons (Fsp3) is 0.333. The van der Waals surface area contributed by atoms with E-state index in [2.05, 4.69) is 35.1 Å². The van der Waals surface area contributed by atoms with Crippen molar-refractivity contribution in [1.82, 2.24) is 5.32 Å². The lowest BCUT2D eigenvalue weighted by atomic mass is 10.1. The van der Waals surface area contributed by atoms with Crippen molar-refractivity contribution < 1.29 is 8.81 Å². The van der Waals surface area contributed by atoms with Crippen LogP contribution in [0.15, 0.2) is 39.2 Å². The van der Waals surface area contributed by atoms with Gasteiger partial charge in [-0.05, 0) is 59.7 Å². The Balaban J connectivity index is 2.14. The number of likely N-dealkylation sites (N-methyl/N-ethyl adjacent to an activating group) is 1. The van der Waals surface area contributed by atoms with E-state index in [0.717, 1.165) is 24.3 Å². The van der Waals surface area contributed by atoms with Crippen LogP contribution in [0.2, 0.25) is 0 Å². The summed E-state index contributed by atoms with van der Waals surface area (Å²) in [5.74, 6) is 1.33. The van der Waals surface area contributed by atoms with Crippen molar-refractivity contribution in [3.8, 4) is 11.3 Å². The molecule has 0 aliphatic heterocycles. The van der Waals surface area contributed by atoms with Crippen LogP contribution in [-0.4, -0.2) is 12.6 Å². The molecule has 1 heterocycles. The zero-order chi connectivity index (χ0) is 13.8. The molecule has 1 atom stereocenters. The smallest absolute Gasteiger partial charge is 0.138 e. The summed E-state index contributed by atoms with van der Waals surface area (Å²) >= 11 is 3.14. The first-order valence-corrected chi connectivity index (χ1v) is 7.17. The molecule has 2 nitrogen and oxygen atoms in total. The molecule has 0 saturated heterocycles. The fourth-order valence-electron chi connectivity index (χ4n) is 2.01. The number of rotatable bonds is 5. The van der Waals surface area contributed by atoms with Gasteiger partial charge in [-0.25, -0.2) is 4.39 Å². The van der Waals surface area contributed by atoms with E-state index in [0.29, 0.717) is 16.3 Å². The predicted octanol–water partition coefficient (Wildman–Crippen LogP) is 4.39. The van der Waals surface area contributed by atoms with Gasteiger partial charge in [0.1, 0.15) is 17.3 Å². The summed E-state index contributed by atoms with van der Waals surface area (Å²) in [5, 5.41) is 3.33. The average molecular weight is 326 g/mol. The van der Waals surface area contributed by atoms with Crippen molar-refractivity contribution in [1.29, 1.82) is 0 Å². The minimum atomic E-state index is -0.281. The SMILES string of the molecule is CCNC(C)Cc1ccc(-c2ccc(Br)c(F)c2)o1. The van der Waals surface area contributed by atoms with Crippen LogP contribution < -0.4 is 5.32 Å². The first kappa shape index (κ1) is 14.3. The number of halogens is 2. The highest BCUT2D eigenvalue weighted by molar-refractivity contribution is 9.10. The maximum atomic E-state index is 13.5. The van der Waals surface area contributed by atoms with Crippen molar-refractivity contribution >= 4 is 15.9 Å². The zero-order valence-electron chi connectivity index (χ0n) is 11.0. The maximum absolute atomic E-state index is 13.5. The van der Waals surface area contributed by atoms with E-state index >= 15 is 0 Å². The topological polar surface area (TPSA) is 25.2 Å². The van der Waals surface area contributed by atoms with Gasteiger partial charge in [-0.1, -0.05) is 6.92 Å². The van der Waals surface area contributed by atoms with Crippen LogP contribution in [0.3, 0.4) is 0 Å². The van der Waals surface area contributed by atoms with Crippen LogP contribution in [-0.2, 0) is 6.42 Å². The highest BCUT2D eigenvalue weighted by atomic mass is 79.9. The Labute approximate surface area is 121 Å². The van der Waals surface area contributed by atoms with Crippen molar-refractivity contribution in [2.45, 2.75) is 26.3 Å². The minimum Gasteiger partial charge on any atom is -0.461 e. The van der Waals surface area contributed by atoms with Gasteiger partial charge in [0.2, 0.25) is 0 Å². The summed E-state index contributed by atoms with van der Waals surface area (Å²) < 4.78 is 19.7. The normalized spacial score (nSPS) is 12.6. The van der Waals surface area contributed by atoms with Gasteiger partial charge in [-0.3, -0.25) is 0 Å². The lowest BCUT2D eigenvalue weighted by Crippen LogP contribution is -2.27. The van der Waals surface area contributed by atoms with E-state index in [4.69, 9.17) is 4.42 Å². The van der Waals surface area contributed by atoms with Gasteiger partial charge < -0.3 is 9.73 Å². The second-order valence-electron chi connectivity index (χ2n) is 4.56. The zero-order valence-corrected chi connectivity index (χ0v) is 12.6. The summed E-state index contributed by atoms with van der Waals surface area (Å²) in [7, 11) is 0. The van der Waals surface area contributed by atoms with Gasteiger partial charge in [-0.2, -0.15) is 0 Å². The Kier molecular flexibility index (Phi) is 4.77. The van der Waals surface area contributed by atoms with Crippen LogP contribution >= 0.6 is 15.9 Å². The van der Waals surface area contributed by atoms with Gasteiger partial charge >= 0.3 is 0 Å². The molecule has 102 valence electrons. The molecule has 2 aromatic rings. The lowest BCUT2D eigenvalue weighted by Gasteiger charge is -2.09. The van der Waals surface area contributed by atoms with Gasteiger partial charge in [0, 0.05) is 18.0 Å². The van der Waals surface area contributed by atoms with Crippen LogP contribution in [0.25, 0.3) is 11.3 Å². The second kappa shape index (κ2) is 6.35. The van der Waals surface area contributed by atoms with Crippen molar-refractivity contribution in [2.24, 2.45) is 0 Å². The van der Waals surface area contributed by atoms with Gasteiger partial charge in [0.15, 0.2) is 0 Å². The molecule has 0 spiro atoms. The summed E-state index contributed by atoms with van der Waals surface area (Å²) in [6, 6.07) is 9.20. The van der Waals surface area contributed by atoms with Gasteiger partial charge in [-0.15, -0.1) is 0 Å². The molecule has 0 saturated carbocycles. The van der Waals surface area contributed by atoms with E-state index in [-0.39, 0.29) is 5.82 Å². The predicted molar refractivity (Wildman–Crippen MR) is 78.6 cm³/mol. The van der Waals surface area contributed by atoms with Crippen LogP contribution in [0.1, 0.15) is 19.6 Å². The van der Waals surface area contributed by atoms with Crippen molar-refractivity contribution in [2.75, 3.05) is 6.54 Å². The molecular weight excluding hydrogens is 309 g/mol. The summed E-state index contributed by atoms with van der Waals surface area (Å²) in [6.07, 6.45) is 0.826. The quantitative estimate of drug-likeness (QED) is 0.882. The second-order valence-corrected chi connectivity index (χ2v) is 5.41. The Hall–Kier alpha value is -1.13. The largest absolute Gasteiger partial charge is 0.461 e. The molecule has 2 rings (SSSR count). The highest BCUT2D eigenvalue weighted by Gasteiger charge is 2.09. The number of nitrogens with one attached hydrogen (secondary N) is 1. The molecule has 1 aromatic heterocycles. The minimum absolute atomic E-state index is 0.281. The van der Waals surface area contributed by atoms with Gasteiger partial charge in [0.05, 0.1) is 4.47 Å². The molecule has 0 bridgehead atoms. The standard InChI is InChI=1S/C15H17BrFNO/c1-3-18-10(2)8-12-5-7-15(19-12)11-4-6-13(16)14(17)9-11/h4-7,9-10,18H,3,8H2,1-2H3. The molecule has 0 radical (unpaired) electrons. The van der Waals surface area contributed by atoms with Crippen molar-refractivity contribution in [3.63, 3.8) is 0 Å². The first-order chi connectivity index (χ1) is 9.10. The summed E-state index contributed by atoms with van der Waals surface area (Å²) in [4.78, 5) is 0. The Morgan fingerprint density at radius 3 is 2.79 bits per heavy atom. The first-order valence-electron chi connectivity index (χ1n) is 6.37. The van der Waals surface area contributed by atoms with E-state index in [1.54, 1.807) is 6.07 Å². The molecule has 4 heteroatoms. The Morgan fingerprint density at radius 2 is 2.11 bits per heavy atom. The third kappa shape index (κ3) is 3.67. The highest BCUT2D eigenvalue weighted by Crippen LogP contribution is 2.26. The van der Waals surface area contributed by atoms with Crippen LogP contribution in [0.5, 0.6) is 0 Å². The van der Waals surface area contributed by atoms with E-state index in [1.165, 1.54) is 6.07 Å². The number of benzene rings is 1. The van der Waals surface area contributed by atoms with Crippen LogP contribution in [0.4, 0.5) is 4.39 Å². The monoisotopic (exact) mass is 325 g/mol. The third-order valence-corrected chi connectivity index (χ3v) is 3.57. The van der Waals surface area contributed by atoms with Gasteiger partial charge in [0.25, 0.3) is 0 Å². The molecular formula is C15H17BrFNO. The van der Waals surface area contributed by atoms with Crippen molar-refractivity contribution in [3.05, 3.63) is 46.4 Å². The summed E-state index contributed by atoms with van der Waals surface area (Å²) in [6.45, 7) is 5.13. The Bertz CT molecular complexity index is 553. The van der Waals surface area contributed by atoms with Crippen LogP contribution in [0, 0.1) is 5.82 Å². The molecule has 0 amide bonds. The maximum Gasteiger partial charge on any atom is 0.138 e. The summed E-state index contributed by atoms with van der Waals surface area (Å²) in [5.41, 5.74) is 0.753.